The summed E-state index contributed by atoms with van der Waals surface area (Å²) < 4.78 is 11.2. The molecule has 3 aromatic rings. The zero-order valence-corrected chi connectivity index (χ0v) is 21.1. The Hall–Kier alpha value is -3.87. The maximum atomic E-state index is 12.5. The molecule has 2 heterocycles. The number of hydrogen-bond donors (Lipinski definition) is 1. The maximum absolute atomic E-state index is 12.5. The molecule has 1 aliphatic heterocycles. The predicted molar refractivity (Wildman–Crippen MR) is 139 cm³/mol. The van der Waals surface area contributed by atoms with Crippen LogP contribution < -0.4 is 15.0 Å². The van der Waals surface area contributed by atoms with Gasteiger partial charge in [-0.25, -0.2) is 9.78 Å². The lowest BCUT2D eigenvalue weighted by Crippen LogP contribution is -2.52. The number of ether oxygens (including phenoxy) is 2. The van der Waals surface area contributed by atoms with Gasteiger partial charge in [0.05, 0.1) is 11.2 Å². The second-order valence-corrected chi connectivity index (χ2v) is 10.5. The Balaban J connectivity index is 1.51. The first-order valence-corrected chi connectivity index (χ1v) is 12.3. The zero-order chi connectivity index (χ0) is 25.5. The van der Waals surface area contributed by atoms with Crippen LogP contribution in [0.2, 0.25) is 0 Å². The van der Waals surface area contributed by atoms with Crippen molar-refractivity contribution in [2.75, 3.05) is 18.6 Å². The molecule has 0 saturated heterocycles. The van der Waals surface area contributed by atoms with E-state index in [1.165, 1.54) is 0 Å². The number of likely N-dealkylation sites (N-methyl/N-ethyl adjacent to an activating group) is 1. The van der Waals surface area contributed by atoms with Gasteiger partial charge in [0.15, 0.2) is 6.61 Å². The molecule has 0 atom stereocenters. The number of nitrogens with one attached hydrogen (secondary N) is 1. The Morgan fingerprint density at radius 1 is 1.06 bits per heavy atom. The van der Waals surface area contributed by atoms with Gasteiger partial charge in [-0.1, -0.05) is 54.6 Å². The molecule has 186 valence electrons. The van der Waals surface area contributed by atoms with E-state index in [0.717, 1.165) is 47.2 Å². The summed E-state index contributed by atoms with van der Waals surface area (Å²) in [6.45, 7) is 5.56. The van der Waals surface area contributed by atoms with Crippen LogP contribution in [0.4, 0.5) is 10.5 Å². The van der Waals surface area contributed by atoms with Crippen LogP contribution in [0.3, 0.4) is 0 Å². The Labute approximate surface area is 211 Å². The number of carbonyl (C=O) groups excluding carboxylic acids is 2. The van der Waals surface area contributed by atoms with Crippen molar-refractivity contribution >= 4 is 17.7 Å². The molecule has 1 saturated carbocycles. The standard InChI is InChI=1S/C29H31N3O4/c1-28(2,3)36-27(34)31-29(15-8-16-29)21-13-11-20(12-14-21)25-22(19-9-6-5-7-10-19)17-23-26(30-25)35-18-24(33)32(23)4/h5-7,9-14,17H,8,15-16,18H2,1-4H3,(H,31,34). The third-order valence-corrected chi connectivity index (χ3v) is 6.78. The van der Waals surface area contributed by atoms with E-state index in [9.17, 15) is 9.59 Å². The third kappa shape index (κ3) is 4.53. The average Bonchev–Trinajstić information content (AvgIpc) is 2.83. The Kier molecular flexibility index (Phi) is 5.94. The van der Waals surface area contributed by atoms with Gasteiger partial charge in [-0.3, -0.25) is 4.79 Å². The SMILES string of the molecule is CN1C(=O)COc2nc(-c3ccc(C4(NC(=O)OC(C)(C)C)CCC4)cc3)c(-c3ccccc3)cc21. The van der Waals surface area contributed by atoms with E-state index in [0.29, 0.717) is 11.6 Å². The van der Waals surface area contributed by atoms with Crippen molar-refractivity contribution < 1.29 is 19.1 Å². The molecule has 36 heavy (non-hydrogen) atoms. The first-order chi connectivity index (χ1) is 17.2. The number of aromatic nitrogens is 1. The summed E-state index contributed by atoms with van der Waals surface area (Å²) in [6.07, 6.45) is 2.38. The van der Waals surface area contributed by atoms with Crippen LogP contribution in [0, 0.1) is 0 Å². The minimum Gasteiger partial charge on any atom is -0.466 e. The number of anilines is 1. The molecular formula is C29H31N3O4. The second-order valence-electron chi connectivity index (χ2n) is 10.5. The first kappa shape index (κ1) is 23.9. The van der Waals surface area contributed by atoms with E-state index in [2.05, 4.69) is 17.4 Å². The minimum absolute atomic E-state index is 0.0293. The molecule has 7 nitrogen and oxygen atoms in total. The molecule has 1 N–H and O–H groups in total. The minimum atomic E-state index is -0.550. The van der Waals surface area contributed by atoms with Crippen LogP contribution in [-0.4, -0.2) is 36.2 Å². The van der Waals surface area contributed by atoms with Gasteiger partial charge in [-0.15, -0.1) is 0 Å². The number of benzene rings is 2. The number of amides is 2. The van der Waals surface area contributed by atoms with Crippen molar-refractivity contribution in [3.63, 3.8) is 0 Å². The lowest BCUT2D eigenvalue weighted by atomic mass is 9.71. The van der Waals surface area contributed by atoms with Crippen molar-refractivity contribution in [3.8, 4) is 28.3 Å². The van der Waals surface area contributed by atoms with Crippen LogP contribution in [-0.2, 0) is 15.1 Å². The number of fused-ring (bicyclic) bond motifs is 1. The van der Waals surface area contributed by atoms with E-state index < -0.39 is 17.2 Å². The van der Waals surface area contributed by atoms with Crippen molar-refractivity contribution in [1.29, 1.82) is 0 Å². The largest absolute Gasteiger partial charge is 0.466 e. The summed E-state index contributed by atoms with van der Waals surface area (Å²) in [5, 5.41) is 3.11. The van der Waals surface area contributed by atoms with Gasteiger partial charge in [-0.05, 0) is 57.2 Å². The van der Waals surface area contributed by atoms with Crippen LogP contribution >= 0.6 is 0 Å². The highest BCUT2D eigenvalue weighted by molar-refractivity contribution is 5.98. The number of rotatable bonds is 4. The monoisotopic (exact) mass is 485 g/mol. The van der Waals surface area contributed by atoms with Crippen molar-refractivity contribution in [2.24, 2.45) is 0 Å². The van der Waals surface area contributed by atoms with E-state index in [4.69, 9.17) is 14.5 Å². The Morgan fingerprint density at radius 3 is 2.36 bits per heavy atom. The number of alkyl carbamates (subject to hydrolysis) is 1. The first-order valence-electron chi connectivity index (χ1n) is 12.3. The quantitative estimate of drug-likeness (QED) is 0.515. The molecule has 7 heteroatoms. The van der Waals surface area contributed by atoms with Gasteiger partial charge in [0.2, 0.25) is 5.88 Å². The predicted octanol–water partition coefficient (Wildman–Crippen LogP) is 5.67. The van der Waals surface area contributed by atoms with E-state index in [1.54, 1.807) is 11.9 Å². The van der Waals surface area contributed by atoms with Crippen LogP contribution in [0.25, 0.3) is 22.4 Å². The van der Waals surface area contributed by atoms with E-state index in [1.807, 2.05) is 69.3 Å². The zero-order valence-electron chi connectivity index (χ0n) is 21.1. The summed E-state index contributed by atoms with van der Waals surface area (Å²) in [7, 11) is 1.74. The molecule has 5 rings (SSSR count). The van der Waals surface area contributed by atoms with Crippen molar-refractivity contribution in [2.45, 2.75) is 51.2 Å². The van der Waals surface area contributed by atoms with Crippen LogP contribution in [0.1, 0.15) is 45.6 Å². The fraction of sp³-hybridized carbons (Fsp3) is 0.345. The Morgan fingerprint density at radius 2 is 1.75 bits per heavy atom. The van der Waals surface area contributed by atoms with Gasteiger partial charge in [0, 0.05) is 18.2 Å². The molecule has 0 unspecified atom stereocenters. The fourth-order valence-electron chi connectivity index (χ4n) is 4.71. The summed E-state index contributed by atoms with van der Waals surface area (Å²) in [5.74, 6) is 0.335. The van der Waals surface area contributed by atoms with Gasteiger partial charge in [0.1, 0.15) is 11.3 Å². The summed E-state index contributed by atoms with van der Waals surface area (Å²) in [6, 6.07) is 20.1. The van der Waals surface area contributed by atoms with E-state index in [-0.39, 0.29) is 12.5 Å². The molecule has 1 fully saturated rings. The molecule has 1 aliphatic carbocycles. The van der Waals surface area contributed by atoms with E-state index >= 15 is 0 Å². The molecule has 0 radical (unpaired) electrons. The van der Waals surface area contributed by atoms with Gasteiger partial charge in [-0.2, -0.15) is 0 Å². The molecule has 2 aromatic carbocycles. The highest BCUT2D eigenvalue weighted by atomic mass is 16.6. The molecular weight excluding hydrogens is 454 g/mol. The average molecular weight is 486 g/mol. The van der Waals surface area contributed by atoms with Crippen molar-refractivity contribution in [1.82, 2.24) is 10.3 Å². The number of carbonyl (C=O) groups is 2. The summed E-state index contributed by atoms with van der Waals surface area (Å²) in [5.41, 5.74) is 4.35. The van der Waals surface area contributed by atoms with Gasteiger partial charge < -0.3 is 19.7 Å². The summed E-state index contributed by atoms with van der Waals surface area (Å²) in [4.78, 5) is 31.2. The lowest BCUT2D eigenvalue weighted by Gasteiger charge is -2.43. The number of nitrogens with zero attached hydrogens (tertiary/aromatic N) is 2. The highest BCUT2D eigenvalue weighted by Crippen LogP contribution is 2.43. The molecule has 2 amide bonds. The second kappa shape index (κ2) is 8.97. The lowest BCUT2D eigenvalue weighted by molar-refractivity contribution is -0.121. The van der Waals surface area contributed by atoms with Gasteiger partial charge >= 0.3 is 6.09 Å². The summed E-state index contributed by atoms with van der Waals surface area (Å²) >= 11 is 0. The van der Waals surface area contributed by atoms with Crippen molar-refractivity contribution in [3.05, 3.63) is 66.2 Å². The molecule has 0 spiro atoms. The van der Waals surface area contributed by atoms with Crippen LogP contribution in [0.5, 0.6) is 5.88 Å². The fourth-order valence-corrected chi connectivity index (χ4v) is 4.71. The Bertz CT molecular complexity index is 1290. The molecule has 1 aromatic heterocycles. The van der Waals surface area contributed by atoms with Crippen LogP contribution in [0.15, 0.2) is 60.7 Å². The number of pyridine rings is 1. The third-order valence-electron chi connectivity index (χ3n) is 6.78. The molecule has 0 bridgehead atoms. The smallest absolute Gasteiger partial charge is 0.408 e. The number of hydrogen-bond acceptors (Lipinski definition) is 5. The molecule has 2 aliphatic rings. The van der Waals surface area contributed by atoms with Gasteiger partial charge in [0.25, 0.3) is 5.91 Å². The topological polar surface area (TPSA) is 80.8 Å². The maximum Gasteiger partial charge on any atom is 0.408 e. The highest BCUT2D eigenvalue weighted by Gasteiger charge is 2.41. The normalized spacial score (nSPS) is 16.4.